The summed E-state index contributed by atoms with van der Waals surface area (Å²) in [5.41, 5.74) is 2.14. The molecule has 2 amide bonds. The van der Waals surface area contributed by atoms with Gasteiger partial charge in [0.05, 0.1) is 17.2 Å². The number of aryl methyl sites for hydroxylation is 1. The first-order valence-corrected chi connectivity index (χ1v) is 14.4. The summed E-state index contributed by atoms with van der Waals surface area (Å²) in [6.45, 7) is 9.27. The van der Waals surface area contributed by atoms with Crippen molar-refractivity contribution in [3.63, 3.8) is 0 Å². The summed E-state index contributed by atoms with van der Waals surface area (Å²) in [6, 6.07) is 21.2. The molecule has 208 valence electrons. The molecule has 1 atom stereocenters. The lowest BCUT2D eigenvalue weighted by molar-refractivity contribution is -0.139. The number of hydrogen-bond acceptors (Lipinski definition) is 5. The van der Waals surface area contributed by atoms with Crippen LogP contribution in [0.5, 0.6) is 5.75 Å². The molecule has 9 heteroatoms. The van der Waals surface area contributed by atoms with Gasteiger partial charge in [0, 0.05) is 12.6 Å². The third kappa shape index (κ3) is 7.60. The van der Waals surface area contributed by atoms with E-state index in [-0.39, 0.29) is 23.4 Å². The molecule has 0 aliphatic rings. The van der Waals surface area contributed by atoms with Crippen LogP contribution in [0.1, 0.15) is 38.8 Å². The van der Waals surface area contributed by atoms with Crippen LogP contribution in [-0.4, -0.2) is 50.4 Å². The Morgan fingerprint density at radius 3 is 2.10 bits per heavy atom. The van der Waals surface area contributed by atoms with E-state index in [0.29, 0.717) is 18.0 Å². The van der Waals surface area contributed by atoms with E-state index in [4.69, 9.17) is 4.74 Å². The number of ether oxygens (including phenoxy) is 1. The maximum Gasteiger partial charge on any atom is 0.264 e. The molecule has 3 aromatic rings. The monoisotopic (exact) mass is 551 g/mol. The summed E-state index contributed by atoms with van der Waals surface area (Å²) in [5, 5.41) is 2.86. The van der Waals surface area contributed by atoms with Crippen LogP contribution in [0.25, 0.3) is 0 Å². The molecule has 0 saturated heterocycles. The first-order valence-electron chi connectivity index (χ1n) is 13.0. The molecule has 8 nitrogen and oxygen atoms in total. The zero-order valence-electron chi connectivity index (χ0n) is 23.1. The van der Waals surface area contributed by atoms with Crippen molar-refractivity contribution in [2.24, 2.45) is 0 Å². The van der Waals surface area contributed by atoms with Crippen molar-refractivity contribution in [1.29, 1.82) is 0 Å². The topological polar surface area (TPSA) is 96.0 Å². The van der Waals surface area contributed by atoms with E-state index in [1.165, 1.54) is 17.0 Å². The van der Waals surface area contributed by atoms with E-state index in [9.17, 15) is 18.0 Å². The zero-order chi connectivity index (χ0) is 28.6. The fourth-order valence-corrected chi connectivity index (χ4v) is 5.52. The predicted octanol–water partition coefficient (Wildman–Crippen LogP) is 4.53. The fourth-order valence-electron chi connectivity index (χ4n) is 4.08. The predicted molar refractivity (Wildman–Crippen MR) is 153 cm³/mol. The molecule has 3 aromatic carbocycles. The summed E-state index contributed by atoms with van der Waals surface area (Å²) in [4.78, 5) is 28.4. The minimum Gasteiger partial charge on any atom is -0.494 e. The molecule has 0 heterocycles. The average Bonchev–Trinajstić information content (AvgIpc) is 2.91. The van der Waals surface area contributed by atoms with Gasteiger partial charge in [0.25, 0.3) is 10.0 Å². The Morgan fingerprint density at radius 2 is 1.51 bits per heavy atom. The number of carbonyl (C=O) groups is 2. The Kier molecular flexibility index (Phi) is 10.1. The van der Waals surface area contributed by atoms with E-state index >= 15 is 0 Å². The molecule has 0 saturated carbocycles. The number of nitrogens with one attached hydrogen (secondary N) is 1. The molecule has 0 bridgehead atoms. The number of sulfonamides is 1. The second kappa shape index (κ2) is 13.3. The van der Waals surface area contributed by atoms with Gasteiger partial charge in [0.15, 0.2) is 0 Å². The summed E-state index contributed by atoms with van der Waals surface area (Å²) >= 11 is 0. The Balaban J connectivity index is 2.03. The Labute approximate surface area is 231 Å². The average molecular weight is 552 g/mol. The van der Waals surface area contributed by atoms with Crippen molar-refractivity contribution in [2.45, 2.75) is 58.1 Å². The van der Waals surface area contributed by atoms with Crippen molar-refractivity contribution < 1.29 is 22.7 Å². The first kappa shape index (κ1) is 29.7. The van der Waals surface area contributed by atoms with Crippen molar-refractivity contribution in [3.05, 3.63) is 90.0 Å². The molecule has 0 unspecified atom stereocenters. The van der Waals surface area contributed by atoms with Gasteiger partial charge in [0.1, 0.15) is 18.3 Å². The number of nitrogens with zero attached hydrogens (tertiary/aromatic N) is 2. The molecule has 0 spiro atoms. The number of hydrogen-bond donors (Lipinski definition) is 1. The highest BCUT2D eigenvalue weighted by Crippen LogP contribution is 2.26. The van der Waals surface area contributed by atoms with E-state index < -0.39 is 28.5 Å². The highest BCUT2D eigenvalue weighted by atomic mass is 32.2. The van der Waals surface area contributed by atoms with Crippen molar-refractivity contribution in [2.75, 3.05) is 17.5 Å². The number of carbonyl (C=O) groups excluding carboxylic acids is 2. The van der Waals surface area contributed by atoms with Crippen LogP contribution in [0.3, 0.4) is 0 Å². The van der Waals surface area contributed by atoms with Gasteiger partial charge in [0.2, 0.25) is 11.8 Å². The standard InChI is InChI=1S/C30H37N3O5S/c1-6-38-27-18-16-26(17-19-27)33(39(36,37)28-14-8-7-9-15-28)21-29(34)32(24(5)30(35)31-22(2)3)20-25-13-11-10-12-23(25)4/h7-19,22,24H,6,20-21H2,1-5H3,(H,31,35)/t24-/m0/s1. The van der Waals surface area contributed by atoms with E-state index in [2.05, 4.69) is 5.32 Å². The molecule has 0 aliphatic heterocycles. The lowest BCUT2D eigenvalue weighted by Crippen LogP contribution is -2.52. The second-order valence-electron chi connectivity index (χ2n) is 9.54. The van der Waals surface area contributed by atoms with Crippen LogP contribution in [0.4, 0.5) is 5.69 Å². The Hall–Kier alpha value is -3.85. The summed E-state index contributed by atoms with van der Waals surface area (Å²) in [5.74, 6) is -0.228. The lowest BCUT2D eigenvalue weighted by Gasteiger charge is -2.32. The van der Waals surface area contributed by atoms with Crippen LogP contribution < -0.4 is 14.4 Å². The van der Waals surface area contributed by atoms with E-state index in [1.54, 1.807) is 49.4 Å². The van der Waals surface area contributed by atoms with Gasteiger partial charge >= 0.3 is 0 Å². The number of rotatable bonds is 12. The molecule has 0 radical (unpaired) electrons. The van der Waals surface area contributed by atoms with Crippen LogP contribution >= 0.6 is 0 Å². The molecule has 0 fully saturated rings. The van der Waals surface area contributed by atoms with Crippen LogP contribution in [0.15, 0.2) is 83.8 Å². The van der Waals surface area contributed by atoms with Crippen molar-refractivity contribution in [1.82, 2.24) is 10.2 Å². The van der Waals surface area contributed by atoms with Gasteiger partial charge < -0.3 is 15.0 Å². The summed E-state index contributed by atoms with van der Waals surface area (Å²) in [7, 11) is -4.11. The normalized spacial score (nSPS) is 12.1. The second-order valence-corrected chi connectivity index (χ2v) is 11.4. The third-order valence-corrected chi connectivity index (χ3v) is 8.03. The summed E-state index contributed by atoms with van der Waals surface area (Å²) < 4.78 is 34.2. The van der Waals surface area contributed by atoms with E-state index in [0.717, 1.165) is 15.4 Å². The smallest absolute Gasteiger partial charge is 0.264 e. The van der Waals surface area contributed by atoms with Gasteiger partial charge in [-0.15, -0.1) is 0 Å². The van der Waals surface area contributed by atoms with Crippen molar-refractivity contribution in [3.8, 4) is 5.75 Å². The molecule has 0 aromatic heterocycles. The van der Waals surface area contributed by atoms with Gasteiger partial charge in [-0.1, -0.05) is 42.5 Å². The molecule has 3 rings (SSSR count). The largest absolute Gasteiger partial charge is 0.494 e. The third-order valence-electron chi connectivity index (χ3n) is 6.25. The van der Waals surface area contributed by atoms with Gasteiger partial charge in [-0.25, -0.2) is 8.42 Å². The molecular formula is C30H37N3O5S. The van der Waals surface area contributed by atoms with Crippen LogP contribution in [-0.2, 0) is 26.2 Å². The Bertz CT molecular complexity index is 1360. The molecule has 1 N–H and O–H groups in total. The maximum atomic E-state index is 13.9. The van der Waals surface area contributed by atoms with Gasteiger partial charge in [-0.3, -0.25) is 13.9 Å². The van der Waals surface area contributed by atoms with Crippen molar-refractivity contribution >= 4 is 27.5 Å². The molecule has 0 aliphatic carbocycles. The minimum absolute atomic E-state index is 0.0581. The number of amides is 2. The SMILES string of the molecule is CCOc1ccc(N(CC(=O)N(Cc2ccccc2C)[C@@H](C)C(=O)NC(C)C)S(=O)(=O)c2ccccc2)cc1. The quantitative estimate of drug-likeness (QED) is 0.357. The van der Waals surface area contributed by atoms with Crippen LogP contribution in [0, 0.1) is 6.92 Å². The first-order chi connectivity index (χ1) is 18.5. The van der Waals surface area contributed by atoms with E-state index in [1.807, 2.05) is 52.0 Å². The minimum atomic E-state index is -4.11. The molecular weight excluding hydrogens is 514 g/mol. The number of benzene rings is 3. The highest BCUT2D eigenvalue weighted by molar-refractivity contribution is 7.92. The lowest BCUT2D eigenvalue weighted by atomic mass is 10.1. The highest BCUT2D eigenvalue weighted by Gasteiger charge is 2.32. The number of anilines is 1. The fraction of sp³-hybridized carbons (Fsp3) is 0.333. The summed E-state index contributed by atoms with van der Waals surface area (Å²) in [6.07, 6.45) is 0. The maximum absolute atomic E-state index is 13.9. The van der Waals surface area contributed by atoms with Gasteiger partial charge in [-0.05, 0) is 82.1 Å². The van der Waals surface area contributed by atoms with Gasteiger partial charge in [-0.2, -0.15) is 0 Å². The molecule has 39 heavy (non-hydrogen) atoms. The van der Waals surface area contributed by atoms with Crippen LogP contribution in [0.2, 0.25) is 0 Å². The Morgan fingerprint density at radius 1 is 0.897 bits per heavy atom. The zero-order valence-corrected chi connectivity index (χ0v) is 23.9.